The second-order valence-electron chi connectivity index (χ2n) is 6.31. The number of likely N-dealkylation sites (tertiary alicyclic amines) is 1. The lowest BCUT2D eigenvalue weighted by molar-refractivity contribution is 0.128. The maximum Gasteiger partial charge on any atom is 0.119 e. The number of nitrogens with zero attached hydrogens (tertiary/aromatic N) is 2. The number of likely N-dealkylation sites (N-methyl/N-ethyl adjacent to an activating group) is 1. The standard InChI is InChI=1S/C17H28N2O/c1-14(2)20-17-9-7-15(8-10-17)12-19-11-5-6-16(13-19)18(3)4/h7-10,14,16H,5-6,11-13H2,1-4H3. The quantitative estimate of drug-likeness (QED) is 0.822. The van der Waals surface area contributed by atoms with Crippen LogP contribution in [0.1, 0.15) is 32.3 Å². The predicted molar refractivity (Wildman–Crippen MR) is 84.2 cm³/mol. The van der Waals surface area contributed by atoms with Crippen LogP contribution in [-0.2, 0) is 6.54 Å². The Morgan fingerprint density at radius 3 is 2.55 bits per heavy atom. The Morgan fingerprint density at radius 2 is 1.95 bits per heavy atom. The lowest BCUT2D eigenvalue weighted by Gasteiger charge is -2.36. The van der Waals surface area contributed by atoms with Crippen molar-refractivity contribution in [2.75, 3.05) is 27.2 Å². The first kappa shape index (κ1) is 15.3. The fraction of sp³-hybridized carbons (Fsp3) is 0.647. The van der Waals surface area contributed by atoms with Crippen molar-refractivity contribution in [2.45, 2.75) is 45.4 Å². The third-order valence-electron chi connectivity index (χ3n) is 3.91. The number of benzene rings is 1. The van der Waals surface area contributed by atoms with E-state index in [4.69, 9.17) is 4.74 Å². The molecular weight excluding hydrogens is 248 g/mol. The van der Waals surface area contributed by atoms with E-state index in [9.17, 15) is 0 Å². The first-order valence-electron chi connectivity index (χ1n) is 7.69. The summed E-state index contributed by atoms with van der Waals surface area (Å²) in [6.45, 7) is 7.56. The summed E-state index contributed by atoms with van der Waals surface area (Å²) in [5.41, 5.74) is 1.38. The van der Waals surface area contributed by atoms with Crippen molar-refractivity contribution in [1.29, 1.82) is 0 Å². The van der Waals surface area contributed by atoms with Gasteiger partial charge < -0.3 is 9.64 Å². The molecule has 1 unspecified atom stereocenters. The lowest BCUT2D eigenvalue weighted by Crippen LogP contribution is -2.44. The van der Waals surface area contributed by atoms with Gasteiger partial charge in [-0.15, -0.1) is 0 Å². The van der Waals surface area contributed by atoms with Gasteiger partial charge in [0.15, 0.2) is 0 Å². The van der Waals surface area contributed by atoms with Gasteiger partial charge in [0.1, 0.15) is 5.75 Å². The fourth-order valence-corrected chi connectivity index (χ4v) is 2.80. The van der Waals surface area contributed by atoms with Crippen molar-refractivity contribution < 1.29 is 4.74 Å². The van der Waals surface area contributed by atoms with Crippen LogP contribution in [0.2, 0.25) is 0 Å². The minimum absolute atomic E-state index is 0.240. The molecule has 1 aromatic rings. The van der Waals surface area contributed by atoms with Gasteiger partial charge in [0.25, 0.3) is 0 Å². The van der Waals surface area contributed by atoms with Crippen molar-refractivity contribution >= 4 is 0 Å². The van der Waals surface area contributed by atoms with E-state index in [1.165, 1.54) is 31.5 Å². The van der Waals surface area contributed by atoms with Crippen LogP contribution in [0.25, 0.3) is 0 Å². The van der Waals surface area contributed by atoms with Gasteiger partial charge in [-0.05, 0) is 65.0 Å². The van der Waals surface area contributed by atoms with Crippen LogP contribution in [0.15, 0.2) is 24.3 Å². The van der Waals surface area contributed by atoms with Gasteiger partial charge in [-0.1, -0.05) is 12.1 Å². The molecule has 1 aromatic carbocycles. The molecule has 1 aliphatic heterocycles. The normalized spacial score (nSPS) is 20.6. The smallest absolute Gasteiger partial charge is 0.119 e. The third kappa shape index (κ3) is 4.50. The van der Waals surface area contributed by atoms with E-state index in [1.807, 2.05) is 0 Å². The molecule has 0 saturated carbocycles. The molecular formula is C17H28N2O. The summed E-state index contributed by atoms with van der Waals surface area (Å²) in [6, 6.07) is 9.26. The molecule has 1 fully saturated rings. The molecule has 0 bridgehead atoms. The summed E-state index contributed by atoms with van der Waals surface area (Å²) in [7, 11) is 4.37. The van der Waals surface area contributed by atoms with Crippen molar-refractivity contribution in [3.05, 3.63) is 29.8 Å². The highest BCUT2D eigenvalue weighted by atomic mass is 16.5. The Morgan fingerprint density at radius 1 is 1.25 bits per heavy atom. The minimum Gasteiger partial charge on any atom is -0.491 e. The summed E-state index contributed by atoms with van der Waals surface area (Å²) in [5, 5.41) is 0. The van der Waals surface area contributed by atoms with E-state index in [2.05, 4.69) is 62.0 Å². The van der Waals surface area contributed by atoms with Gasteiger partial charge in [-0.2, -0.15) is 0 Å². The monoisotopic (exact) mass is 276 g/mol. The lowest BCUT2D eigenvalue weighted by atomic mass is 10.0. The van der Waals surface area contributed by atoms with E-state index >= 15 is 0 Å². The molecule has 1 atom stereocenters. The highest BCUT2D eigenvalue weighted by Crippen LogP contribution is 2.18. The Kier molecular flexibility index (Phi) is 5.44. The van der Waals surface area contributed by atoms with Crippen molar-refractivity contribution in [1.82, 2.24) is 9.80 Å². The summed E-state index contributed by atoms with van der Waals surface area (Å²) in [4.78, 5) is 4.91. The van der Waals surface area contributed by atoms with E-state index in [1.54, 1.807) is 0 Å². The molecule has 0 amide bonds. The zero-order valence-electron chi connectivity index (χ0n) is 13.3. The van der Waals surface area contributed by atoms with Crippen molar-refractivity contribution in [2.24, 2.45) is 0 Å². The molecule has 0 spiro atoms. The molecule has 0 aliphatic carbocycles. The van der Waals surface area contributed by atoms with E-state index < -0.39 is 0 Å². The number of piperidine rings is 1. The maximum atomic E-state index is 5.69. The fourth-order valence-electron chi connectivity index (χ4n) is 2.80. The Labute approximate surface area is 123 Å². The predicted octanol–water partition coefficient (Wildman–Crippen LogP) is 3.00. The second-order valence-corrected chi connectivity index (χ2v) is 6.31. The number of rotatable bonds is 5. The summed E-state index contributed by atoms with van der Waals surface area (Å²) >= 11 is 0. The SMILES string of the molecule is CC(C)Oc1ccc(CN2CCCC(N(C)C)C2)cc1. The largest absolute Gasteiger partial charge is 0.491 e. The Hall–Kier alpha value is -1.06. The minimum atomic E-state index is 0.240. The molecule has 3 nitrogen and oxygen atoms in total. The average molecular weight is 276 g/mol. The maximum absolute atomic E-state index is 5.69. The highest BCUT2D eigenvalue weighted by Gasteiger charge is 2.21. The van der Waals surface area contributed by atoms with Crippen molar-refractivity contribution in [3.8, 4) is 5.75 Å². The molecule has 1 heterocycles. The summed E-state index contributed by atoms with van der Waals surface area (Å²) in [5.74, 6) is 0.966. The van der Waals surface area contributed by atoms with Crippen LogP contribution in [0.4, 0.5) is 0 Å². The van der Waals surface area contributed by atoms with Gasteiger partial charge in [-0.25, -0.2) is 0 Å². The molecule has 1 aliphatic rings. The van der Waals surface area contributed by atoms with Gasteiger partial charge in [0, 0.05) is 19.1 Å². The highest BCUT2D eigenvalue weighted by molar-refractivity contribution is 5.27. The molecule has 3 heteroatoms. The van der Waals surface area contributed by atoms with E-state index in [0.29, 0.717) is 6.04 Å². The van der Waals surface area contributed by atoms with Crippen LogP contribution < -0.4 is 4.74 Å². The first-order valence-corrected chi connectivity index (χ1v) is 7.69. The summed E-state index contributed by atoms with van der Waals surface area (Å²) < 4.78 is 5.69. The zero-order chi connectivity index (χ0) is 14.5. The Balaban J connectivity index is 1.89. The Bertz CT molecular complexity index is 400. The molecule has 112 valence electrons. The van der Waals surface area contributed by atoms with Crippen LogP contribution in [0, 0.1) is 0 Å². The average Bonchev–Trinajstić information content (AvgIpc) is 2.41. The second kappa shape index (κ2) is 7.09. The van der Waals surface area contributed by atoms with E-state index in [0.717, 1.165) is 12.3 Å². The molecule has 2 rings (SSSR count). The molecule has 1 saturated heterocycles. The van der Waals surface area contributed by atoms with Crippen LogP contribution in [-0.4, -0.2) is 49.1 Å². The first-order chi connectivity index (χ1) is 9.54. The van der Waals surface area contributed by atoms with Gasteiger partial charge >= 0.3 is 0 Å². The summed E-state index contributed by atoms with van der Waals surface area (Å²) in [6.07, 6.45) is 2.87. The zero-order valence-corrected chi connectivity index (χ0v) is 13.3. The molecule has 0 aromatic heterocycles. The number of hydrogen-bond acceptors (Lipinski definition) is 3. The molecule has 0 N–H and O–H groups in total. The number of hydrogen-bond donors (Lipinski definition) is 0. The third-order valence-corrected chi connectivity index (χ3v) is 3.91. The molecule has 0 radical (unpaired) electrons. The van der Waals surface area contributed by atoms with Crippen LogP contribution >= 0.6 is 0 Å². The van der Waals surface area contributed by atoms with Gasteiger partial charge in [0.05, 0.1) is 6.10 Å². The molecule has 20 heavy (non-hydrogen) atoms. The van der Waals surface area contributed by atoms with Crippen LogP contribution in [0.3, 0.4) is 0 Å². The van der Waals surface area contributed by atoms with Crippen molar-refractivity contribution in [3.63, 3.8) is 0 Å². The number of ether oxygens (including phenoxy) is 1. The van der Waals surface area contributed by atoms with E-state index in [-0.39, 0.29) is 6.10 Å². The van der Waals surface area contributed by atoms with Gasteiger partial charge in [-0.3, -0.25) is 4.90 Å². The van der Waals surface area contributed by atoms with Gasteiger partial charge in [0.2, 0.25) is 0 Å². The topological polar surface area (TPSA) is 15.7 Å². The van der Waals surface area contributed by atoms with Crippen LogP contribution in [0.5, 0.6) is 5.75 Å².